The van der Waals surface area contributed by atoms with Gasteiger partial charge in [0.05, 0.1) is 12.8 Å². The molecular weight excluding hydrogens is 294 g/mol. The summed E-state index contributed by atoms with van der Waals surface area (Å²) in [6, 6.07) is 5.55. The maximum Gasteiger partial charge on any atom is 0.233 e. The molecule has 2 rings (SSSR count). The Morgan fingerprint density at radius 3 is 2.52 bits per heavy atom. The summed E-state index contributed by atoms with van der Waals surface area (Å²) in [4.78, 5) is 28.4. The second-order valence-electron chi connectivity index (χ2n) is 5.74. The summed E-state index contributed by atoms with van der Waals surface area (Å²) in [6.45, 7) is 8.16. The molecule has 1 N–H and O–H groups in total. The third-order valence-electron chi connectivity index (χ3n) is 4.11. The molecule has 0 atom stereocenters. The van der Waals surface area contributed by atoms with Gasteiger partial charge in [0.1, 0.15) is 12.2 Å². The van der Waals surface area contributed by atoms with E-state index in [2.05, 4.69) is 17.1 Å². The summed E-state index contributed by atoms with van der Waals surface area (Å²) in [5, 5.41) is 2.77. The maximum atomic E-state index is 12.2. The highest BCUT2D eigenvalue weighted by atomic mass is 16.5. The molecule has 23 heavy (non-hydrogen) atoms. The van der Waals surface area contributed by atoms with Gasteiger partial charge in [0.25, 0.3) is 0 Å². The number of likely N-dealkylation sites (N-methyl/N-ethyl adjacent to an activating group) is 1. The molecule has 2 amide bonds. The van der Waals surface area contributed by atoms with Gasteiger partial charge in [-0.1, -0.05) is 13.0 Å². The van der Waals surface area contributed by atoms with Crippen LogP contribution in [0.1, 0.15) is 18.9 Å². The minimum atomic E-state index is -0.308. The van der Waals surface area contributed by atoms with Crippen LogP contribution in [-0.2, 0) is 9.59 Å². The van der Waals surface area contributed by atoms with E-state index in [4.69, 9.17) is 4.74 Å². The fourth-order valence-electron chi connectivity index (χ4n) is 2.68. The number of carbonyl (C=O) groups is 2. The van der Waals surface area contributed by atoms with E-state index in [1.54, 1.807) is 18.1 Å². The molecule has 0 bridgehead atoms. The highest BCUT2D eigenvalue weighted by Gasteiger charge is 2.22. The Hall–Kier alpha value is -2.08. The van der Waals surface area contributed by atoms with Crippen LogP contribution in [-0.4, -0.2) is 61.4 Å². The molecule has 1 fully saturated rings. The van der Waals surface area contributed by atoms with Crippen molar-refractivity contribution in [3.05, 3.63) is 23.8 Å². The molecule has 1 aliphatic rings. The monoisotopic (exact) mass is 319 g/mol. The van der Waals surface area contributed by atoms with Crippen molar-refractivity contribution in [2.24, 2.45) is 0 Å². The zero-order valence-corrected chi connectivity index (χ0v) is 14.1. The van der Waals surface area contributed by atoms with Gasteiger partial charge >= 0.3 is 0 Å². The van der Waals surface area contributed by atoms with Gasteiger partial charge in [0.15, 0.2) is 0 Å². The van der Waals surface area contributed by atoms with Crippen LogP contribution >= 0.6 is 0 Å². The van der Waals surface area contributed by atoms with Crippen LogP contribution < -0.4 is 10.1 Å². The van der Waals surface area contributed by atoms with E-state index in [0.29, 0.717) is 24.5 Å². The molecule has 126 valence electrons. The van der Waals surface area contributed by atoms with Crippen LogP contribution in [0.2, 0.25) is 0 Å². The Kier molecular flexibility index (Phi) is 5.98. The number of hydrogen-bond donors (Lipinski definition) is 1. The normalized spacial score (nSPS) is 15.3. The van der Waals surface area contributed by atoms with E-state index < -0.39 is 0 Å². The van der Waals surface area contributed by atoms with Crippen molar-refractivity contribution in [2.75, 3.05) is 45.2 Å². The average molecular weight is 319 g/mol. The van der Waals surface area contributed by atoms with Crippen molar-refractivity contribution < 1.29 is 14.3 Å². The van der Waals surface area contributed by atoms with Gasteiger partial charge in [-0.2, -0.15) is 0 Å². The molecule has 0 spiro atoms. The minimum Gasteiger partial charge on any atom is -0.495 e. The number of carbonyl (C=O) groups excluding carboxylic acids is 2. The fourth-order valence-corrected chi connectivity index (χ4v) is 2.68. The molecular formula is C17H25N3O3. The Labute approximate surface area is 137 Å². The summed E-state index contributed by atoms with van der Waals surface area (Å²) in [5.41, 5.74) is 1.62. The van der Waals surface area contributed by atoms with Crippen molar-refractivity contribution in [2.45, 2.75) is 20.3 Å². The van der Waals surface area contributed by atoms with Gasteiger partial charge in [-0.05, 0) is 31.2 Å². The van der Waals surface area contributed by atoms with Gasteiger partial charge in [0, 0.05) is 26.2 Å². The predicted molar refractivity (Wildman–Crippen MR) is 89.7 cm³/mol. The first-order valence-corrected chi connectivity index (χ1v) is 7.98. The first kappa shape index (κ1) is 17.3. The molecule has 1 aromatic rings. The molecule has 6 heteroatoms. The molecule has 6 nitrogen and oxygen atoms in total. The molecule has 0 radical (unpaired) electrons. The van der Waals surface area contributed by atoms with E-state index in [1.165, 1.54) is 0 Å². The minimum absolute atomic E-state index is 0.120. The third kappa shape index (κ3) is 4.69. The van der Waals surface area contributed by atoms with Gasteiger partial charge in [-0.25, -0.2) is 0 Å². The van der Waals surface area contributed by atoms with Crippen molar-refractivity contribution in [1.82, 2.24) is 9.80 Å². The van der Waals surface area contributed by atoms with Crippen molar-refractivity contribution in [1.29, 1.82) is 0 Å². The van der Waals surface area contributed by atoms with E-state index in [9.17, 15) is 9.59 Å². The number of benzene rings is 1. The standard InChI is InChI=1S/C17H25N3O3/c1-4-19-7-9-20(10-8-19)17(22)12-16(21)18-14-11-13(2)5-6-15(14)23-3/h5-6,11H,4,7-10,12H2,1-3H3,(H,18,21). The van der Waals surface area contributed by atoms with Gasteiger partial charge in [-0.15, -0.1) is 0 Å². The molecule has 1 saturated heterocycles. The lowest BCUT2D eigenvalue weighted by Crippen LogP contribution is -2.49. The van der Waals surface area contributed by atoms with Crippen LogP contribution in [0, 0.1) is 6.92 Å². The Morgan fingerprint density at radius 1 is 1.22 bits per heavy atom. The van der Waals surface area contributed by atoms with Crippen molar-refractivity contribution >= 4 is 17.5 Å². The van der Waals surface area contributed by atoms with E-state index in [1.807, 2.05) is 19.1 Å². The molecule has 0 saturated carbocycles. The van der Waals surface area contributed by atoms with Gasteiger partial charge in [0.2, 0.25) is 11.8 Å². The molecule has 0 aromatic heterocycles. The lowest BCUT2D eigenvalue weighted by Gasteiger charge is -2.34. The van der Waals surface area contributed by atoms with Crippen LogP contribution in [0.5, 0.6) is 5.75 Å². The maximum absolute atomic E-state index is 12.2. The first-order chi connectivity index (χ1) is 11.0. The van der Waals surface area contributed by atoms with Crippen molar-refractivity contribution in [3.63, 3.8) is 0 Å². The van der Waals surface area contributed by atoms with E-state index >= 15 is 0 Å². The quantitative estimate of drug-likeness (QED) is 0.836. The molecule has 0 aliphatic carbocycles. The van der Waals surface area contributed by atoms with E-state index in [0.717, 1.165) is 25.2 Å². The fraction of sp³-hybridized carbons (Fsp3) is 0.529. The summed E-state index contributed by atoms with van der Waals surface area (Å²) in [5.74, 6) is 0.162. The van der Waals surface area contributed by atoms with Crippen LogP contribution in [0.3, 0.4) is 0 Å². The summed E-state index contributed by atoms with van der Waals surface area (Å²) in [7, 11) is 1.55. The summed E-state index contributed by atoms with van der Waals surface area (Å²) < 4.78 is 5.23. The Bertz CT molecular complexity index is 566. The van der Waals surface area contributed by atoms with Crippen LogP contribution in [0.25, 0.3) is 0 Å². The zero-order chi connectivity index (χ0) is 16.8. The number of amides is 2. The number of nitrogens with zero attached hydrogens (tertiary/aromatic N) is 2. The van der Waals surface area contributed by atoms with Gasteiger partial charge < -0.3 is 19.9 Å². The van der Waals surface area contributed by atoms with Crippen LogP contribution in [0.4, 0.5) is 5.69 Å². The Balaban J connectivity index is 1.90. The molecule has 1 heterocycles. The van der Waals surface area contributed by atoms with E-state index in [-0.39, 0.29) is 18.2 Å². The number of hydrogen-bond acceptors (Lipinski definition) is 4. The lowest BCUT2D eigenvalue weighted by molar-refractivity contribution is -0.136. The highest BCUT2D eigenvalue weighted by molar-refractivity contribution is 6.04. The first-order valence-electron chi connectivity index (χ1n) is 7.98. The number of rotatable bonds is 5. The third-order valence-corrected chi connectivity index (χ3v) is 4.11. The van der Waals surface area contributed by atoms with Gasteiger partial charge in [-0.3, -0.25) is 9.59 Å². The SMILES string of the molecule is CCN1CCN(C(=O)CC(=O)Nc2cc(C)ccc2OC)CC1. The van der Waals surface area contributed by atoms with Crippen molar-refractivity contribution in [3.8, 4) is 5.75 Å². The molecule has 1 aromatic carbocycles. The predicted octanol–water partition coefficient (Wildman–Crippen LogP) is 1.50. The average Bonchev–Trinajstić information content (AvgIpc) is 2.55. The topological polar surface area (TPSA) is 61.9 Å². The number of aryl methyl sites for hydroxylation is 1. The largest absolute Gasteiger partial charge is 0.495 e. The highest BCUT2D eigenvalue weighted by Crippen LogP contribution is 2.25. The second-order valence-corrected chi connectivity index (χ2v) is 5.74. The number of ether oxygens (including phenoxy) is 1. The molecule has 0 unspecified atom stereocenters. The zero-order valence-electron chi connectivity index (χ0n) is 14.1. The number of piperazine rings is 1. The number of nitrogens with one attached hydrogen (secondary N) is 1. The second kappa shape index (κ2) is 7.97. The molecule has 1 aliphatic heterocycles. The number of methoxy groups -OCH3 is 1. The smallest absolute Gasteiger partial charge is 0.233 e. The summed E-state index contributed by atoms with van der Waals surface area (Å²) in [6.07, 6.45) is -0.136. The lowest BCUT2D eigenvalue weighted by atomic mass is 10.2. The number of anilines is 1. The van der Waals surface area contributed by atoms with Crippen LogP contribution in [0.15, 0.2) is 18.2 Å². The summed E-state index contributed by atoms with van der Waals surface area (Å²) >= 11 is 0. The Morgan fingerprint density at radius 2 is 1.91 bits per heavy atom.